The summed E-state index contributed by atoms with van der Waals surface area (Å²) in [7, 11) is 0. The molecule has 2 atom stereocenters. The van der Waals surface area contributed by atoms with Gasteiger partial charge in [-0.2, -0.15) is 0 Å². The highest BCUT2D eigenvalue weighted by Crippen LogP contribution is 2.35. The number of aromatic nitrogens is 1. The van der Waals surface area contributed by atoms with Crippen molar-refractivity contribution in [1.29, 1.82) is 0 Å². The molecule has 2 heterocycles. The lowest BCUT2D eigenvalue weighted by molar-refractivity contribution is 0.0987. The van der Waals surface area contributed by atoms with Gasteiger partial charge < -0.3 is 5.32 Å². The molecule has 1 aromatic rings. The van der Waals surface area contributed by atoms with Gasteiger partial charge in [-0.25, -0.2) is 0 Å². The Kier molecular flexibility index (Phi) is 4.37. The first-order valence-electron chi connectivity index (χ1n) is 8.09. The molecule has 1 aromatic heterocycles. The maximum Gasteiger partial charge on any atom is 0.0544 e. The van der Waals surface area contributed by atoms with Crippen LogP contribution in [0.1, 0.15) is 38.8 Å². The van der Waals surface area contributed by atoms with Gasteiger partial charge in [-0.1, -0.05) is 19.9 Å². The molecule has 2 unspecified atom stereocenters. The number of nitrogens with zero attached hydrogens (tertiary/aromatic N) is 2. The van der Waals surface area contributed by atoms with Gasteiger partial charge in [-0.05, 0) is 43.2 Å². The van der Waals surface area contributed by atoms with E-state index in [0.717, 1.165) is 24.9 Å². The van der Waals surface area contributed by atoms with Crippen LogP contribution in [0, 0.1) is 11.8 Å². The quantitative estimate of drug-likeness (QED) is 0.894. The predicted molar refractivity (Wildman–Crippen MR) is 82.4 cm³/mol. The Hall–Kier alpha value is -0.930. The van der Waals surface area contributed by atoms with Gasteiger partial charge >= 0.3 is 0 Å². The molecule has 0 bridgehead atoms. The fourth-order valence-electron chi connectivity index (χ4n) is 3.37. The third kappa shape index (κ3) is 3.58. The molecular formula is C17H27N3. The van der Waals surface area contributed by atoms with Crippen LogP contribution in [0.15, 0.2) is 24.4 Å². The number of piperazine rings is 1. The van der Waals surface area contributed by atoms with Crippen LogP contribution in [0.3, 0.4) is 0 Å². The van der Waals surface area contributed by atoms with E-state index in [0.29, 0.717) is 12.1 Å². The second-order valence-corrected chi connectivity index (χ2v) is 6.89. The molecule has 1 aliphatic carbocycles. The lowest BCUT2D eigenvalue weighted by atomic mass is 9.97. The molecule has 3 heteroatoms. The van der Waals surface area contributed by atoms with Crippen molar-refractivity contribution in [2.45, 2.75) is 51.7 Å². The second kappa shape index (κ2) is 6.23. The van der Waals surface area contributed by atoms with Crippen molar-refractivity contribution in [2.24, 2.45) is 11.8 Å². The fourth-order valence-corrected chi connectivity index (χ4v) is 3.37. The minimum absolute atomic E-state index is 0.659. The van der Waals surface area contributed by atoms with Crippen molar-refractivity contribution < 1.29 is 0 Å². The number of nitrogens with one attached hydrogen (secondary N) is 1. The van der Waals surface area contributed by atoms with Gasteiger partial charge in [-0.15, -0.1) is 0 Å². The van der Waals surface area contributed by atoms with E-state index >= 15 is 0 Å². The van der Waals surface area contributed by atoms with E-state index in [-0.39, 0.29) is 0 Å². The summed E-state index contributed by atoms with van der Waals surface area (Å²) < 4.78 is 0. The number of rotatable bonds is 5. The van der Waals surface area contributed by atoms with Gasteiger partial charge in [0, 0.05) is 37.9 Å². The van der Waals surface area contributed by atoms with E-state index in [1.807, 2.05) is 12.3 Å². The van der Waals surface area contributed by atoms with E-state index in [1.165, 1.54) is 31.5 Å². The van der Waals surface area contributed by atoms with Crippen LogP contribution >= 0.6 is 0 Å². The van der Waals surface area contributed by atoms with Crippen molar-refractivity contribution in [3.63, 3.8) is 0 Å². The maximum absolute atomic E-state index is 4.51. The Morgan fingerprint density at radius 1 is 1.35 bits per heavy atom. The van der Waals surface area contributed by atoms with Gasteiger partial charge in [0.05, 0.1) is 5.69 Å². The second-order valence-electron chi connectivity index (χ2n) is 6.89. The number of hydrogen-bond donors (Lipinski definition) is 1. The van der Waals surface area contributed by atoms with Crippen LogP contribution in [-0.2, 0) is 6.54 Å². The molecule has 0 radical (unpaired) electrons. The Balaban J connectivity index is 1.66. The molecule has 3 rings (SSSR count). The van der Waals surface area contributed by atoms with Crippen molar-refractivity contribution in [3.05, 3.63) is 30.1 Å². The topological polar surface area (TPSA) is 28.2 Å². The monoisotopic (exact) mass is 273 g/mol. The first kappa shape index (κ1) is 14.0. The predicted octanol–water partition coefficient (Wildman–Crippen LogP) is 2.68. The van der Waals surface area contributed by atoms with Gasteiger partial charge in [-0.3, -0.25) is 9.88 Å². The fraction of sp³-hybridized carbons (Fsp3) is 0.706. The molecule has 110 valence electrons. The van der Waals surface area contributed by atoms with E-state index in [9.17, 15) is 0 Å². The zero-order valence-corrected chi connectivity index (χ0v) is 12.8. The van der Waals surface area contributed by atoms with Crippen LogP contribution in [0.5, 0.6) is 0 Å². The molecule has 2 aliphatic rings. The minimum Gasteiger partial charge on any atom is -0.311 e. The highest BCUT2D eigenvalue weighted by Gasteiger charge is 2.37. The molecule has 0 aromatic carbocycles. The third-order valence-corrected chi connectivity index (χ3v) is 4.59. The zero-order valence-electron chi connectivity index (χ0n) is 12.8. The summed E-state index contributed by atoms with van der Waals surface area (Å²) in [6.45, 7) is 7.99. The first-order chi connectivity index (χ1) is 9.72. The Bertz CT molecular complexity index is 414. The minimum atomic E-state index is 0.659. The summed E-state index contributed by atoms with van der Waals surface area (Å²) in [5, 5.41) is 3.79. The summed E-state index contributed by atoms with van der Waals surface area (Å²) in [6.07, 6.45) is 6.03. The molecule has 3 nitrogen and oxygen atoms in total. The molecule has 2 fully saturated rings. The van der Waals surface area contributed by atoms with Gasteiger partial charge in [0.25, 0.3) is 0 Å². The van der Waals surface area contributed by atoms with E-state index in [2.05, 4.69) is 41.2 Å². The van der Waals surface area contributed by atoms with E-state index < -0.39 is 0 Å². The molecular weight excluding hydrogens is 246 g/mol. The third-order valence-electron chi connectivity index (χ3n) is 4.59. The van der Waals surface area contributed by atoms with E-state index in [1.54, 1.807) is 0 Å². The zero-order chi connectivity index (χ0) is 13.9. The van der Waals surface area contributed by atoms with Crippen molar-refractivity contribution in [2.75, 3.05) is 13.1 Å². The molecule has 1 aliphatic heterocycles. The normalized spacial score (nSPS) is 27.9. The Morgan fingerprint density at radius 3 is 2.85 bits per heavy atom. The van der Waals surface area contributed by atoms with Gasteiger partial charge in [0.15, 0.2) is 0 Å². The smallest absolute Gasteiger partial charge is 0.0544 e. The molecule has 20 heavy (non-hydrogen) atoms. The van der Waals surface area contributed by atoms with Gasteiger partial charge in [0.2, 0.25) is 0 Å². The Labute approximate surface area is 122 Å². The van der Waals surface area contributed by atoms with Gasteiger partial charge in [0.1, 0.15) is 0 Å². The van der Waals surface area contributed by atoms with Crippen molar-refractivity contribution in [1.82, 2.24) is 15.2 Å². The number of pyridine rings is 1. The van der Waals surface area contributed by atoms with Crippen LogP contribution in [0.25, 0.3) is 0 Å². The molecule has 1 saturated carbocycles. The molecule has 1 saturated heterocycles. The lowest BCUT2D eigenvalue weighted by Gasteiger charge is -2.41. The van der Waals surface area contributed by atoms with Crippen LogP contribution in [0.2, 0.25) is 0 Å². The average molecular weight is 273 g/mol. The Morgan fingerprint density at radius 2 is 2.20 bits per heavy atom. The van der Waals surface area contributed by atoms with Crippen LogP contribution in [-0.4, -0.2) is 35.1 Å². The highest BCUT2D eigenvalue weighted by atomic mass is 15.2. The van der Waals surface area contributed by atoms with E-state index in [4.69, 9.17) is 0 Å². The largest absolute Gasteiger partial charge is 0.311 e. The summed E-state index contributed by atoms with van der Waals surface area (Å²) in [4.78, 5) is 7.18. The molecule has 0 spiro atoms. The summed E-state index contributed by atoms with van der Waals surface area (Å²) in [5.74, 6) is 1.69. The maximum atomic E-state index is 4.51. The SMILES string of the molecule is CC(C)CC1CNC(C2CC2)CN1Cc1ccccn1. The standard InChI is InChI=1S/C17H27N3/c1-13(2)9-16-10-19-17(14-6-7-14)12-20(16)11-15-5-3-4-8-18-15/h3-5,8,13-14,16-17,19H,6-7,9-12H2,1-2H3. The average Bonchev–Trinajstić information content (AvgIpc) is 3.26. The molecule has 0 amide bonds. The van der Waals surface area contributed by atoms with Crippen molar-refractivity contribution >= 4 is 0 Å². The highest BCUT2D eigenvalue weighted by molar-refractivity contribution is 5.05. The molecule has 1 N–H and O–H groups in total. The number of hydrogen-bond acceptors (Lipinski definition) is 3. The lowest BCUT2D eigenvalue weighted by Crippen LogP contribution is -2.57. The first-order valence-corrected chi connectivity index (χ1v) is 8.09. The summed E-state index contributed by atoms with van der Waals surface area (Å²) in [5.41, 5.74) is 1.21. The summed E-state index contributed by atoms with van der Waals surface area (Å²) >= 11 is 0. The van der Waals surface area contributed by atoms with Crippen LogP contribution < -0.4 is 5.32 Å². The summed E-state index contributed by atoms with van der Waals surface area (Å²) in [6, 6.07) is 7.62. The van der Waals surface area contributed by atoms with Crippen molar-refractivity contribution in [3.8, 4) is 0 Å². The van der Waals surface area contributed by atoms with Crippen LogP contribution in [0.4, 0.5) is 0 Å².